The molecule has 2 aromatic rings. The first-order valence-corrected chi connectivity index (χ1v) is 6.22. The minimum Gasteiger partial charge on any atom is -0.325 e. The zero-order chi connectivity index (χ0) is 12.7. The van der Waals surface area contributed by atoms with Gasteiger partial charge in [0.05, 0.1) is 5.69 Å². The molecule has 3 rings (SSSR count). The Bertz CT molecular complexity index is 585. The first kappa shape index (κ1) is 11.3. The van der Waals surface area contributed by atoms with Crippen molar-refractivity contribution in [3.05, 3.63) is 41.5 Å². The summed E-state index contributed by atoms with van der Waals surface area (Å²) >= 11 is 0. The molecule has 4 heteroatoms. The minimum atomic E-state index is -0.193. The lowest BCUT2D eigenvalue weighted by Crippen LogP contribution is -2.01. The predicted molar refractivity (Wildman–Crippen MR) is 69.7 cm³/mol. The van der Waals surface area contributed by atoms with E-state index < -0.39 is 0 Å². The summed E-state index contributed by atoms with van der Waals surface area (Å²) in [6.07, 6.45) is 4.45. The molecule has 1 N–H and O–H groups in total. The van der Waals surface area contributed by atoms with Gasteiger partial charge in [-0.25, -0.2) is 9.37 Å². The van der Waals surface area contributed by atoms with Crippen LogP contribution < -0.4 is 5.32 Å². The molecule has 0 aliphatic heterocycles. The van der Waals surface area contributed by atoms with E-state index in [-0.39, 0.29) is 5.82 Å². The number of benzene rings is 1. The second-order valence-corrected chi connectivity index (χ2v) is 4.93. The molecule has 0 radical (unpaired) electrons. The van der Waals surface area contributed by atoms with Gasteiger partial charge in [0.1, 0.15) is 5.82 Å². The molecule has 0 saturated heterocycles. The van der Waals surface area contributed by atoms with Crippen molar-refractivity contribution in [1.29, 1.82) is 0 Å². The third-order valence-electron chi connectivity index (χ3n) is 3.22. The van der Waals surface area contributed by atoms with Gasteiger partial charge in [-0.1, -0.05) is 6.07 Å². The van der Waals surface area contributed by atoms with Crippen molar-refractivity contribution in [2.75, 3.05) is 5.32 Å². The van der Waals surface area contributed by atoms with Crippen LogP contribution in [0.25, 0.3) is 0 Å². The topological polar surface area (TPSA) is 29.9 Å². The van der Waals surface area contributed by atoms with E-state index in [4.69, 9.17) is 0 Å². The molecule has 1 aromatic carbocycles. The van der Waals surface area contributed by atoms with E-state index in [1.807, 2.05) is 19.2 Å². The van der Waals surface area contributed by atoms with Crippen LogP contribution in [-0.2, 0) is 0 Å². The predicted octanol–water partition coefficient (Wildman–Crippen LogP) is 3.72. The van der Waals surface area contributed by atoms with Gasteiger partial charge in [-0.15, -0.1) is 0 Å². The maximum Gasteiger partial charge on any atom is 0.207 e. The van der Waals surface area contributed by atoms with Crippen molar-refractivity contribution in [1.82, 2.24) is 9.55 Å². The maximum atomic E-state index is 13.5. The van der Waals surface area contributed by atoms with Crippen LogP contribution in [0, 0.1) is 19.7 Å². The summed E-state index contributed by atoms with van der Waals surface area (Å²) < 4.78 is 15.6. The molecule has 1 aliphatic rings. The van der Waals surface area contributed by atoms with Crippen LogP contribution in [0.1, 0.15) is 30.1 Å². The Morgan fingerprint density at radius 2 is 2.11 bits per heavy atom. The molecule has 0 atom stereocenters. The number of rotatable bonds is 3. The molecule has 3 nitrogen and oxygen atoms in total. The number of halogens is 1. The summed E-state index contributed by atoms with van der Waals surface area (Å²) in [7, 11) is 0. The monoisotopic (exact) mass is 245 g/mol. The number of anilines is 2. The highest BCUT2D eigenvalue weighted by molar-refractivity contribution is 5.55. The van der Waals surface area contributed by atoms with Crippen LogP contribution in [0.3, 0.4) is 0 Å². The molecular formula is C14H16FN3. The number of aromatic nitrogens is 2. The van der Waals surface area contributed by atoms with E-state index in [0.29, 0.717) is 11.6 Å². The fraction of sp³-hybridized carbons (Fsp3) is 0.357. The number of nitrogens with one attached hydrogen (secondary N) is 1. The lowest BCUT2D eigenvalue weighted by molar-refractivity contribution is 0.619. The SMILES string of the molecule is Cc1cn(C2CC2)c(Nc2ccc(C)c(F)c2)n1. The molecule has 1 saturated carbocycles. The number of aryl methyl sites for hydroxylation is 2. The maximum absolute atomic E-state index is 13.5. The molecular weight excluding hydrogens is 229 g/mol. The highest BCUT2D eigenvalue weighted by Gasteiger charge is 2.26. The van der Waals surface area contributed by atoms with Crippen molar-refractivity contribution in [3.63, 3.8) is 0 Å². The quantitative estimate of drug-likeness (QED) is 0.893. The molecule has 1 fully saturated rings. The summed E-state index contributed by atoms with van der Waals surface area (Å²) in [4.78, 5) is 4.45. The minimum absolute atomic E-state index is 0.193. The van der Waals surface area contributed by atoms with E-state index in [1.165, 1.54) is 18.9 Å². The zero-order valence-electron chi connectivity index (χ0n) is 10.6. The molecule has 1 heterocycles. The molecule has 18 heavy (non-hydrogen) atoms. The first-order valence-electron chi connectivity index (χ1n) is 6.22. The largest absolute Gasteiger partial charge is 0.325 e. The summed E-state index contributed by atoms with van der Waals surface area (Å²) in [5.41, 5.74) is 2.38. The smallest absolute Gasteiger partial charge is 0.207 e. The molecule has 0 bridgehead atoms. The Morgan fingerprint density at radius 3 is 2.78 bits per heavy atom. The van der Waals surface area contributed by atoms with Gasteiger partial charge in [-0.2, -0.15) is 0 Å². The third-order valence-corrected chi connectivity index (χ3v) is 3.22. The van der Waals surface area contributed by atoms with Crippen LogP contribution in [0.4, 0.5) is 16.0 Å². The standard InChI is InChI=1S/C14H16FN3/c1-9-3-4-11(7-13(9)15)17-14-16-10(2)8-18(14)12-5-6-12/h3-4,7-8,12H,5-6H2,1-2H3,(H,16,17). The van der Waals surface area contributed by atoms with E-state index in [2.05, 4.69) is 14.9 Å². The van der Waals surface area contributed by atoms with E-state index in [9.17, 15) is 4.39 Å². The van der Waals surface area contributed by atoms with E-state index >= 15 is 0 Å². The van der Waals surface area contributed by atoms with Crippen molar-refractivity contribution in [2.45, 2.75) is 32.7 Å². The summed E-state index contributed by atoms with van der Waals surface area (Å²) in [6, 6.07) is 5.72. The van der Waals surface area contributed by atoms with Gasteiger partial charge in [0, 0.05) is 17.9 Å². The lowest BCUT2D eigenvalue weighted by Gasteiger charge is -2.09. The Balaban J connectivity index is 1.89. The van der Waals surface area contributed by atoms with Crippen LogP contribution in [-0.4, -0.2) is 9.55 Å². The number of hydrogen-bond donors (Lipinski definition) is 1. The third kappa shape index (κ3) is 2.10. The Labute approximate surface area is 106 Å². The number of imidazole rings is 1. The molecule has 0 amide bonds. The molecule has 1 aromatic heterocycles. The van der Waals surface area contributed by atoms with Gasteiger partial charge < -0.3 is 9.88 Å². The highest BCUT2D eigenvalue weighted by atomic mass is 19.1. The van der Waals surface area contributed by atoms with Crippen molar-refractivity contribution >= 4 is 11.6 Å². The normalized spacial score (nSPS) is 14.8. The van der Waals surface area contributed by atoms with Crippen molar-refractivity contribution in [2.24, 2.45) is 0 Å². The second kappa shape index (κ2) is 4.12. The summed E-state index contributed by atoms with van der Waals surface area (Å²) in [5.74, 6) is 0.611. The average molecular weight is 245 g/mol. The summed E-state index contributed by atoms with van der Waals surface area (Å²) in [6.45, 7) is 3.73. The average Bonchev–Trinajstić information content (AvgIpc) is 3.09. The Kier molecular flexibility index (Phi) is 2.58. The van der Waals surface area contributed by atoms with Gasteiger partial charge in [0.25, 0.3) is 0 Å². The Morgan fingerprint density at radius 1 is 1.33 bits per heavy atom. The summed E-state index contributed by atoms with van der Waals surface area (Å²) in [5, 5.41) is 3.19. The first-order chi connectivity index (χ1) is 8.63. The van der Waals surface area contributed by atoms with E-state index in [1.54, 1.807) is 13.0 Å². The van der Waals surface area contributed by atoms with Crippen molar-refractivity contribution < 1.29 is 4.39 Å². The molecule has 1 aliphatic carbocycles. The lowest BCUT2D eigenvalue weighted by atomic mass is 10.2. The fourth-order valence-corrected chi connectivity index (χ4v) is 2.04. The van der Waals surface area contributed by atoms with Crippen molar-refractivity contribution in [3.8, 4) is 0 Å². The highest BCUT2D eigenvalue weighted by Crippen LogP contribution is 2.37. The number of hydrogen-bond acceptors (Lipinski definition) is 2. The van der Waals surface area contributed by atoms with Crippen LogP contribution in [0.2, 0.25) is 0 Å². The fourth-order valence-electron chi connectivity index (χ4n) is 2.04. The van der Waals surface area contributed by atoms with Crippen LogP contribution in [0.5, 0.6) is 0 Å². The molecule has 0 spiro atoms. The Hall–Kier alpha value is -1.84. The van der Waals surface area contributed by atoms with Crippen LogP contribution >= 0.6 is 0 Å². The van der Waals surface area contributed by atoms with Gasteiger partial charge >= 0.3 is 0 Å². The molecule has 94 valence electrons. The zero-order valence-corrected chi connectivity index (χ0v) is 10.6. The van der Waals surface area contributed by atoms with Gasteiger partial charge in [0.15, 0.2) is 0 Å². The van der Waals surface area contributed by atoms with Gasteiger partial charge in [0.2, 0.25) is 5.95 Å². The van der Waals surface area contributed by atoms with Gasteiger partial charge in [-0.05, 0) is 44.4 Å². The van der Waals surface area contributed by atoms with Crippen LogP contribution in [0.15, 0.2) is 24.4 Å². The van der Waals surface area contributed by atoms with E-state index in [0.717, 1.165) is 17.3 Å². The molecule has 0 unspecified atom stereocenters. The second-order valence-electron chi connectivity index (χ2n) is 4.93. The van der Waals surface area contributed by atoms with Gasteiger partial charge in [-0.3, -0.25) is 0 Å². The number of nitrogens with zero attached hydrogens (tertiary/aromatic N) is 2.